The van der Waals surface area contributed by atoms with Gasteiger partial charge < -0.3 is 10.4 Å². The van der Waals surface area contributed by atoms with Crippen LogP contribution in [0.5, 0.6) is 0 Å². The van der Waals surface area contributed by atoms with E-state index in [4.69, 9.17) is 5.11 Å². The molecular formula is C9H7F3N4O2S2. The van der Waals surface area contributed by atoms with Crippen LogP contribution >= 0.6 is 22.7 Å². The molecule has 0 bridgehead atoms. The molecule has 0 unspecified atom stereocenters. The van der Waals surface area contributed by atoms with Crippen molar-refractivity contribution < 1.29 is 23.1 Å². The maximum absolute atomic E-state index is 12.3. The topological polar surface area (TPSA) is 88.0 Å². The Hall–Kier alpha value is -1.75. The fourth-order valence-electron chi connectivity index (χ4n) is 1.21. The molecule has 20 heavy (non-hydrogen) atoms. The molecule has 0 spiro atoms. The van der Waals surface area contributed by atoms with Crippen LogP contribution in [0.4, 0.5) is 18.3 Å². The second-order valence-electron chi connectivity index (χ2n) is 3.52. The third kappa shape index (κ3) is 3.63. The number of aromatic nitrogens is 3. The highest BCUT2D eigenvalue weighted by Gasteiger charge is 2.35. The van der Waals surface area contributed by atoms with Gasteiger partial charge in [0, 0.05) is 18.3 Å². The van der Waals surface area contributed by atoms with Crippen LogP contribution in [0.3, 0.4) is 0 Å². The van der Waals surface area contributed by atoms with Crippen LogP contribution in [-0.2, 0) is 12.6 Å². The van der Waals surface area contributed by atoms with Gasteiger partial charge in [0.1, 0.15) is 0 Å². The van der Waals surface area contributed by atoms with Crippen molar-refractivity contribution in [2.75, 3.05) is 11.9 Å². The Bertz CT molecular complexity index is 610. The van der Waals surface area contributed by atoms with Crippen LogP contribution in [0.2, 0.25) is 0 Å². The van der Waals surface area contributed by atoms with E-state index in [1.807, 2.05) is 0 Å². The summed E-state index contributed by atoms with van der Waals surface area (Å²) in [7, 11) is 0. The summed E-state index contributed by atoms with van der Waals surface area (Å²) >= 11 is 1.59. The Morgan fingerprint density at radius 1 is 1.40 bits per heavy atom. The van der Waals surface area contributed by atoms with Crippen LogP contribution < -0.4 is 5.32 Å². The summed E-state index contributed by atoms with van der Waals surface area (Å²) in [5.41, 5.74) is -0.0414. The molecule has 2 rings (SSSR count). The first-order valence-electron chi connectivity index (χ1n) is 5.18. The van der Waals surface area contributed by atoms with E-state index in [9.17, 15) is 18.0 Å². The minimum atomic E-state index is -4.50. The zero-order valence-electron chi connectivity index (χ0n) is 9.64. The highest BCUT2D eigenvalue weighted by molar-refractivity contribution is 7.15. The Kier molecular flexibility index (Phi) is 4.18. The summed E-state index contributed by atoms with van der Waals surface area (Å²) in [5, 5.41) is 18.8. The molecule has 0 aliphatic heterocycles. The van der Waals surface area contributed by atoms with Crippen molar-refractivity contribution in [3.63, 3.8) is 0 Å². The lowest BCUT2D eigenvalue weighted by atomic mass is 10.4. The van der Waals surface area contributed by atoms with Gasteiger partial charge in [-0.1, -0.05) is 11.3 Å². The minimum Gasteiger partial charge on any atom is -0.476 e. The Morgan fingerprint density at radius 3 is 2.70 bits per heavy atom. The van der Waals surface area contributed by atoms with Gasteiger partial charge in [-0.05, 0) is 0 Å². The fraction of sp³-hybridized carbons (Fsp3) is 0.333. The molecule has 11 heteroatoms. The van der Waals surface area contributed by atoms with Crippen molar-refractivity contribution >= 4 is 33.8 Å². The molecule has 0 aliphatic rings. The van der Waals surface area contributed by atoms with Gasteiger partial charge in [0.15, 0.2) is 5.69 Å². The van der Waals surface area contributed by atoms with Crippen molar-refractivity contribution in [3.05, 3.63) is 21.1 Å². The lowest BCUT2D eigenvalue weighted by molar-refractivity contribution is -0.138. The summed E-state index contributed by atoms with van der Waals surface area (Å²) in [6.07, 6.45) is -4.11. The van der Waals surface area contributed by atoms with Crippen LogP contribution in [0, 0.1) is 0 Å². The zero-order valence-corrected chi connectivity index (χ0v) is 11.3. The average Bonchev–Trinajstić information content (AvgIpc) is 2.96. The molecule has 2 aromatic rings. The minimum absolute atomic E-state index is 0.0414. The number of nitrogens with one attached hydrogen (secondary N) is 1. The van der Waals surface area contributed by atoms with Gasteiger partial charge in [-0.3, -0.25) is 0 Å². The molecule has 108 valence electrons. The van der Waals surface area contributed by atoms with E-state index in [0.717, 1.165) is 0 Å². The van der Waals surface area contributed by atoms with Gasteiger partial charge in [0.05, 0.1) is 5.01 Å². The molecule has 0 aromatic carbocycles. The normalized spacial score (nSPS) is 11.6. The number of alkyl halides is 3. The highest BCUT2D eigenvalue weighted by atomic mass is 32.1. The number of thiazole rings is 1. The van der Waals surface area contributed by atoms with E-state index in [0.29, 0.717) is 29.3 Å². The lowest BCUT2D eigenvalue weighted by Gasteiger charge is -1.99. The number of hydrogen-bond acceptors (Lipinski definition) is 7. The summed E-state index contributed by atoms with van der Waals surface area (Å²) < 4.78 is 36.8. The van der Waals surface area contributed by atoms with Gasteiger partial charge in [-0.2, -0.15) is 13.2 Å². The van der Waals surface area contributed by atoms with E-state index in [-0.39, 0.29) is 10.8 Å². The van der Waals surface area contributed by atoms with Gasteiger partial charge in [-0.15, -0.1) is 21.5 Å². The number of aromatic carboxylic acids is 1. The standard InChI is InChI=1S/C9H7F3N4O2S2/c10-9(11,12)7-15-16-8(20-7)13-2-1-5-14-4(3-19-5)6(17)18/h3H,1-2H2,(H,13,16)(H,17,18). The number of halogens is 3. The van der Waals surface area contributed by atoms with Gasteiger partial charge >= 0.3 is 12.1 Å². The van der Waals surface area contributed by atoms with Crippen molar-refractivity contribution in [3.8, 4) is 0 Å². The van der Waals surface area contributed by atoms with Crippen LogP contribution in [-0.4, -0.2) is 32.8 Å². The smallest absolute Gasteiger partial charge is 0.445 e. The van der Waals surface area contributed by atoms with E-state index >= 15 is 0 Å². The summed E-state index contributed by atoms with van der Waals surface area (Å²) in [4.78, 5) is 14.5. The molecule has 2 heterocycles. The van der Waals surface area contributed by atoms with Crippen molar-refractivity contribution in [2.24, 2.45) is 0 Å². The van der Waals surface area contributed by atoms with E-state index in [1.165, 1.54) is 16.7 Å². The molecule has 0 saturated carbocycles. The molecule has 2 N–H and O–H groups in total. The largest absolute Gasteiger partial charge is 0.476 e. The maximum atomic E-state index is 12.3. The van der Waals surface area contributed by atoms with Crippen LogP contribution in [0.1, 0.15) is 20.5 Å². The lowest BCUT2D eigenvalue weighted by Crippen LogP contribution is -2.05. The molecule has 0 saturated heterocycles. The fourth-order valence-corrected chi connectivity index (χ4v) is 2.62. The molecule has 2 aromatic heterocycles. The number of nitrogens with zero attached hydrogens (tertiary/aromatic N) is 3. The molecule has 0 amide bonds. The molecule has 0 atom stereocenters. The monoisotopic (exact) mass is 324 g/mol. The van der Waals surface area contributed by atoms with Gasteiger partial charge in [-0.25, -0.2) is 9.78 Å². The molecule has 0 aliphatic carbocycles. The van der Waals surface area contributed by atoms with Crippen molar-refractivity contribution in [2.45, 2.75) is 12.6 Å². The van der Waals surface area contributed by atoms with Crippen LogP contribution in [0.25, 0.3) is 0 Å². The Morgan fingerprint density at radius 2 is 2.15 bits per heavy atom. The second kappa shape index (κ2) is 5.71. The number of anilines is 1. The SMILES string of the molecule is O=C(O)c1csc(CCNc2nnc(C(F)(F)F)s2)n1. The zero-order chi connectivity index (χ0) is 14.8. The highest BCUT2D eigenvalue weighted by Crippen LogP contribution is 2.32. The van der Waals surface area contributed by atoms with Crippen molar-refractivity contribution in [1.82, 2.24) is 15.2 Å². The number of carbonyl (C=O) groups is 1. The third-order valence-electron chi connectivity index (χ3n) is 2.05. The van der Waals surface area contributed by atoms with E-state index < -0.39 is 17.2 Å². The summed E-state index contributed by atoms with van der Waals surface area (Å²) in [6, 6.07) is 0. The summed E-state index contributed by atoms with van der Waals surface area (Å²) in [6.45, 7) is 0.291. The average molecular weight is 324 g/mol. The first-order valence-corrected chi connectivity index (χ1v) is 6.88. The summed E-state index contributed by atoms with van der Waals surface area (Å²) in [5.74, 6) is -1.11. The first-order chi connectivity index (χ1) is 9.36. The number of carboxylic acids is 1. The molecular weight excluding hydrogens is 317 g/mol. The Labute approximate surface area is 118 Å². The number of rotatable bonds is 5. The van der Waals surface area contributed by atoms with Gasteiger partial charge in [0.25, 0.3) is 0 Å². The van der Waals surface area contributed by atoms with Gasteiger partial charge in [0.2, 0.25) is 10.1 Å². The van der Waals surface area contributed by atoms with E-state index in [1.54, 1.807) is 0 Å². The predicted molar refractivity (Wildman–Crippen MR) is 66.2 cm³/mol. The maximum Gasteiger partial charge on any atom is 0.445 e. The first kappa shape index (κ1) is 14.7. The molecule has 0 radical (unpaired) electrons. The second-order valence-corrected chi connectivity index (χ2v) is 5.44. The van der Waals surface area contributed by atoms with E-state index in [2.05, 4.69) is 20.5 Å². The Balaban J connectivity index is 1.86. The predicted octanol–water partition coefficient (Wildman–Crippen LogP) is 2.37. The molecule has 6 nitrogen and oxygen atoms in total. The quantitative estimate of drug-likeness (QED) is 0.878. The third-order valence-corrected chi connectivity index (χ3v) is 3.89. The number of hydrogen-bond donors (Lipinski definition) is 2. The number of carboxylic acid groups (broad SMARTS) is 1. The molecule has 0 fully saturated rings. The van der Waals surface area contributed by atoms with Crippen LogP contribution in [0.15, 0.2) is 5.38 Å². The van der Waals surface area contributed by atoms with Crippen molar-refractivity contribution in [1.29, 1.82) is 0 Å².